The molecule has 1 unspecified atom stereocenters. The van der Waals surface area contributed by atoms with Crippen LogP contribution in [0.4, 0.5) is 4.39 Å². The van der Waals surface area contributed by atoms with Crippen LogP contribution in [-0.2, 0) is 6.61 Å². The van der Waals surface area contributed by atoms with Crippen molar-refractivity contribution in [2.45, 2.75) is 19.6 Å². The summed E-state index contributed by atoms with van der Waals surface area (Å²) in [5, 5.41) is 3.18. The van der Waals surface area contributed by atoms with Gasteiger partial charge in [-0.1, -0.05) is 24.3 Å². The van der Waals surface area contributed by atoms with E-state index in [9.17, 15) is 4.39 Å². The van der Waals surface area contributed by atoms with Gasteiger partial charge in [-0.05, 0) is 49.4 Å². The van der Waals surface area contributed by atoms with Gasteiger partial charge in [0, 0.05) is 6.04 Å². The number of hydrogen-bond acceptors (Lipinski definition) is 2. The molecule has 0 saturated carbocycles. The quantitative estimate of drug-likeness (QED) is 0.884. The van der Waals surface area contributed by atoms with Gasteiger partial charge in [0.25, 0.3) is 0 Å². The molecule has 1 N–H and O–H groups in total. The Kier molecular flexibility index (Phi) is 4.53. The van der Waals surface area contributed by atoms with Crippen LogP contribution in [-0.4, -0.2) is 7.05 Å². The van der Waals surface area contributed by atoms with E-state index in [1.807, 2.05) is 31.3 Å². The zero-order valence-corrected chi connectivity index (χ0v) is 11.2. The molecule has 0 aliphatic carbocycles. The highest BCUT2D eigenvalue weighted by atomic mass is 19.1. The van der Waals surface area contributed by atoms with E-state index in [4.69, 9.17) is 4.74 Å². The maximum absolute atomic E-state index is 13.0. The molecule has 3 heteroatoms. The first-order valence-electron chi connectivity index (χ1n) is 6.33. The van der Waals surface area contributed by atoms with Crippen LogP contribution in [0.15, 0.2) is 48.5 Å². The smallest absolute Gasteiger partial charge is 0.123 e. The first-order chi connectivity index (χ1) is 9.19. The van der Waals surface area contributed by atoms with Gasteiger partial charge in [0.05, 0.1) is 0 Å². The summed E-state index contributed by atoms with van der Waals surface area (Å²) in [6, 6.07) is 14.7. The topological polar surface area (TPSA) is 21.3 Å². The van der Waals surface area contributed by atoms with Crippen molar-refractivity contribution in [1.82, 2.24) is 5.32 Å². The largest absolute Gasteiger partial charge is 0.489 e. The fourth-order valence-corrected chi connectivity index (χ4v) is 1.83. The molecule has 2 rings (SSSR count). The molecule has 0 aliphatic heterocycles. The molecule has 0 bridgehead atoms. The summed E-state index contributed by atoms with van der Waals surface area (Å²) < 4.78 is 18.7. The molecule has 2 aromatic rings. The SMILES string of the molecule is CNC(C)c1cccc(OCc2cccc(F)c2)c1. The number of hydrogen-bond donors (Lipinski definition) is 1. The molecular formula is C16H18FNO. The first-order valence-corrected chi connectivity index (χ1v) is 6.33. The van der Waals surface area contributed by atoms with Gasteiger partial charge in [-0.15, -0.1) is 0 Å². The molecule has 2 aromatic carbocycles. The lowest BCUT2D eigenvalue weighted by Crippen LogP contribution is -2.12. The van der Waals surface area contributed by atoms with Gasteiger partial charge in [-0.3, -0.25) is 0 Å². The maximum atomic E-state index is 13.0. The maximum Gasteiger partial charge on any atom is 0.123 e. The van der Waals surface area contributed by atoms with Crippen LogP contribution in [0.2, 0.25) is 0 Å². The summed E-state index contributed by atoms with van der Waals surface area (Å²) in [6.07, 6.45) is 0. The zero-order valence-electron chi connectivity index (χ0n) is 11.2. The third-order valence-electron chi connectivity index (χ3n) is 3.09. The number of benzene rings is 2. The summed E-state index contributed by atoms with van der Waals surface area (Å²) in [4.78, 5) is 0. The summed E-state index contributed by atoms with van der Waals surface area (Å²) in [5.74, 6) is 0.558. The average Bonchev–Trinajstić information content (AvgIpc) is 2.45. The lowest BCUT2D eigenvalue weighted by atomic mass is 10.1. The summed E-state index contributed by atoms with van der Waals surface area (Å²) in [5.41, 5.74) is 1.99. The Morgan fingerprint density at radius 1 is 1.16 bits per heavy atom. The van der Waals surface area contributed by atoms with Crippen molar-refractivity contribution in [3.8, 4) is 5.75 Å². The molecular weight excluding hydrogens is 241 g/mol. The minimum atomic E-state index is -0.237. The van der Waals surface area contributed by atoms with Crippen LogP contribution < -0.4 is 10.1 Å². The second kappa shape index (κ2) is 6.34. The van der Waals surface area contributed by atoms with E-state index in [1.165, 1.54) is 17.7 Å². The molecule has 1 atom stereocenters. The van der Waals surface area contributed by atoms with Gasteiger partial charge in [-0.2, -0.15) is 0 Å². The zero-order chi connectivity index (χ0) is 13.7. The minimum absolute atomic E-state index is 0.237. The molecule has 0 radical (unpaired) electrons. The molecule has 0 fully saturated rings. The van der Waals surface area contributed by atoms with E-state index in [0.717, 1.165) is 11.3 Å². The van der Waals surface area contributed by atoms with Gasteiger partial charge in [0.2, 0.25) is 0 Å². The van der Waals surface area contributed by atoms with Crippen molar-refractivity contribution in [2.75, 3.05) is 7.05 Å². The van der Waals surface area contributed by atoms with Crippen molar-refractivity contribution in [3.05, 3.63) is 65.5 Å². The molecule has 19 heavy (non-hydrogen) atoms. The van der Waals surface area contributed by atoms with E-state index < -0.39 is 0 Å². The normalized spacial score (nSPS) is 12.2. The van der Waals surface area contributed by atoms with Crippen LogP contribution in [0.1, 0.15) is 24.1 Å². The van der Waals surface area contributed by atoms with E-state index in [1.54, 1.807) is 6.07 Å². The highest BCUT2D eigenvalue weighted by molar-refractivity contribution is 5.30. The molecule has 100 valence electrons. The van der Waals surface area contributed by atoms with Gasteiger partial charge in [-0.25, -0.2) is 4.39 Å². The Labute approximate surface area is 113 Å². The highest BCUT2D eigenvalue weighted by Gasteiger charge is 2.04. The van der Waals surface area contributed by atoms with E-state index in [-0.39, 0.29) is 11.9 Å². The molecule has 2 nitrogen and oxygen atoms in total. The second-order valence-electron chi connectivity index (χ2n) is 4.50. The van der Waals surface area contributed by atoms with Gasteiger partial charge in [0.15, 0.2) is 0 Å². The highest BCUT2D eigenvalue weighted by Crippen LogP contribution is 2.19. The second-order valence-corrected chi connectivity index (χ2v) is 4.50. The summed E-state index contributed by atoms with van der Waals surface area (Å²) in [7, 11) is 1.92. The number of rotatable bonds is 5. The van der Waals surface area contributed by atoms with Gasteiger partial charge >= 0.3 is 0 Å². The van der Waals surface area contributed by atoms with E-state index in [2.05, 4.69) is 18.3 Å². The molecule has 0 aliphatic rings. The number of nitrogens with one attached hydrogen (secondary N) is 1. The third-order valence-corrected chi connectivity index (χ3v) is 3.09. The Hall–Kier alpha value is -1.87. The fourth-order valence-electron chi connectivity index (χ4n) is 1.83. The standard InChI is InChI=1S/C16H18FNO/c1-12(18-2)14-6-4-8-16(10-14)19-11-13-5-3-7-15(17)9-13/h3-10,12,18H,11H2,1-2H3. The van der Waals surface area contributed by atoms with E-state index in [0.29, 0.717) is 6.61 Å². The molecule has 0 saturated heterocycles. The molecule has 0 heterocycles. The lowest BCUT2D eigenvalue weighted by Gasteiger charge is -2.12. The Bertz CT molecular complexity index is 542. The minimum Gasteiger partial charge on any atom is -0.489 e. The lowest BCUT2D eigenvalue weighted by molar-refractivity contribution is 0.305. The number of halogens is 1. The van der Waals surface area contributed by atoms with Crippen LogP contribution in [0.25, 0.3) is 0 Å². The summed E-state index contributed by atoms with van der Waals surface area (Å²) in [6.45, 7) is 2.46. The fraction of sp³-hybridized carbons (Fsp3) is 0.250. The van der Waals surface area contributed by atoms with E-state index >= 15 is 0 Å². The average molecular weight is 259 g/mol. The third kappa shape index (κ3) is 3.80. The first kappa shape index (κ1) is 13.6. The monoisotopic (exact) mass is 259 g/mol. The Morgan fingerprint density at radius 2 is 1.95 bits per heavy atom. The molecule has 0 amide bonds. The number of ether oxygens (including phenoxy) is 1. The van der Waals surface area contributed by atoms with Crippen molar-refractivity contribution in [1.29, 1.82) is 0 Å². The van der Waals surface area contributed by atoms with Crippen LogP contribution in [0.3, 0.4) is 0 Å². The van der Waals surface area contributed by atoms with Crippen molar-refractivity contribution in [2.24, 2.45) is 0 Å². The van der Waals surface area contributed by atoms with Crippen LogP contribution >= 0.6 is 0 Å². The van der Waals surface area contributed by atoms with Crippen molar-refractivity contribution in [3.63, 3.8) is 0 Å². The van der Waals surface area contributed by atoms with Crippen molar-refractivity contribution < 1.29 is 9.13 Å². The predicted octanol–water partition coefficient (Wildman–Crippen LogP) is 3.69. The van der Waals surface area contributed by atoms with Gasteiger partial charge in [0.1, 0.15) is 18.2 Å². The van der Waals surface area contributed by atoms with Crippen LogP contribution in [0.5, 0.6) is 5.75 Å². The predicted molar refractivity (Wildman–Crippen MR) is 74.6 cm³/mol. The van der Waals surface area contributed by atoms with Crippen LogP contribution in [0, 0.1) is 5.82 Å². The molecule has 0 aromatic heterocycles. The molecule has 0 spiro atoms. The summed E-state index contributed by atoms with van der Waals surface area (Å²) >= 11 is 0. The Balaban J connectivity index is 2.03. The van der Waals surface area contributed by atoms with Gasteiger partial charge < -0.3 is 10.1 Å². The van der Waals surface area contributed by atoms with Crippen molar-refractivity contribution >= 4 is 0 Å². The Morgan fingerprint density at radius 3 is 2.68 bits per heavy atom.